The van der Waals surface area contributed by atoms with Crippen molar-refractivity contribution in [2.24, 2.45) is 10.9 Å². The molecule has 1 aliphatic heterocycles. The van der Waals surface area contributed by atoms with Gasteiger partial charge in [-0.25, -0.2) is 0 Å². The van der Waals surface area contributed by atoms with Crippen LogP contribution >= 0.6 is 0 Å². The van der Waals surface area contributed by atoms with Gasteiger partial charge in [0.25, 0.3) is 5.69 Å². The maximum atomic E-state index is 12.4. The van der Waals surface area contributed by atoms with Crippen LogP contribution in [0.25, 0.3) is 0 Å². The summed E-state index contributed by atoms with van der Waals surface area (Å²) in [5.74, 6) is 0.422. The smallest absolute Gasteiger partial charge is 0.270 e. The fourth-order valence-corrected chi connectivity index (χ4v) is 2.52. The van der Waals surface area contributed by atoms with Crippen LogP contribution in [0.1, 0.15) is 15.9 Å². The van der Waals surface area contributed by atoms with E-state index in [0.717, 1.165) is 0 Å². The Kier molecular flexibility index (Phi) is 4.14. The molecule has 2 aromatic carbocycles. The number of carbonyl (C=O) groups is 1. The number of aliphatic imine (C=N–C) groups is 1. The number of non-ortho nitro benzene ring substituents is 1. The zero-order valence-corrected chi connectivity index (χ0v) is 12.3. The lowest BCUT2D eigenvalue weighted by atomic mass is 9.96. The van der Waals surface area contributed by atoms with Crippen LogP contribution < -0.4 is 5.32 Å². The lowest BCUT2D eigenvalue weighted by Gasteiger charge is -2.22. The van der Waals surface area contributed by atoms with E-state index in [1.165, 1.54) is 12.1 Å². The number of nitrogens with zero attached hydrogens (tertiary/aromatic N) is 2. The van der Waals surface area contributed by atoms with Crippen molar-refractivity contribution in [1.29, 1.82) is 0 Å². The van der Waals surface area contributed by atoms with Crippen molar-refractivity contribution in [1.82, 2.24) is 5.32 Å². The average molecular weight is 309 g/mol. The topological polar surface area (TPSA) is 84.6 Å². The maximum absolute atomic E-state index is 12.4. The molecular weight excluding hydrogens is 294 g/mol. The summed E-state index contributed by atoms with van der Waals surface area (Å²) in [7, 11) is 0. The van der Waals surface area contributed by atoms with E-state index in [2.05, 4.69) is 10.3 Å². The summed E-state index contributed by atoms with van der Waals surface area (Å²) >= 11 is 0. The molecule has 3 rings (SSSR count). The number of carbonyl (C=O) groups excluding carboxylic acids is 1. The highest BCUT2D eigenvalue weighted by Crippen LogP contribution is 2.16. The van der Waals surface area contributed by atoms with Gasteiger partial charge in [0.05, 0.1) is 17.4 Å². The summed E-state index contributed by atoms with van der Waals surface area (Å²) in [6.07, 6.45) is 0. The molecule has 0 aliphatic carbocycles. The maximum Gasteiger partial charge on any atom is 0.270 e. The van der Waals surface area contributed by atoms with Crippen molar-refractivity contribution in [2.45, 2.75) is 0 Å². The summed E-state index contributed by atoms with van der Waals surface area (Å²) in [6.45, 7) is 0.841. The minimum Gasteiger partial charge on any atom is -0.369 e. The first-order valence-corrected chi connectivity index (χ1v) is 7.27. The lowest BCUT2D eigenvalue weighted by Crippen LogP contribution is -2.39. The van der Waals surface area contributed by atoms with E-state index < -0.39 is 4.92 Å². The van der Waals surface area contributed by atoms with Crippen LogP contribution in [-0.2, 0) is 0 Å². The highest BCUT2D eigenvalue weighted by Gasteiger charge is 2.24. The van der Waals surface area contributed by atoms with Gasteiger partial charge in [0.1, 0.15) is 5.84 Å². The number of amidine groups is 1. The van der Waals surface area contributed by atoms with E-state index in [0.29, 0.717) is 30.1 Å². The van der Waals surface area contributed by atoms with Gasteiger partial charge in [-0.15, -0.1) is 0 Å². The van der Waals surface area contributed by atoms with Crippen LogP contribution in [0, 0.1) is 16.0 Å². The molecule has 116 valence electrons. The Bertz CT molecular complexity index is 772. The van der Waals surface area contributed by atoms with Crippen molar-refractivity contribution >= 4 is 17.3 Å². The zero-order chi connectivity index (χ0) is 16.2. The van der Waals surface area contributed by atoms with Crippen molar-refractivity contribution in [3.63, 3.8) is 0 Å². The third kappa shape index (κ3) is 3.26. The standard InChI is InChI=1S/C17H15N3O3/c21-16(12-5-2-1-3-6-12)14-10-18-17(19-11-14)13-7-4-8-15(9-13)20(22)23/h1-9,14H,10-11H2,(H,18,19). The minimum atomic E-state index is -0.436. The molecule has 0 saturated heterocycles. The van der Waals surface area contributed by atoms with Crippen LogP contribution in [0.3, 0.4) is 0 Å². The second kappa shape index (κ2) is 6.39. The molecule has 1 heterocycles. The fraction of sp³-hybridized carbons (Fsp3) is 0.176. The molecule has 1 unspecified atom stereocenters. The Morgan fingerprint density at radius 3 is 2.61 bits per heavy atom. The number of nitro benzene ring substituents is 1. The van der Waals surface area contributed by atoms with Crippen LogP contribution in [-0.4, -0.2) is 29.6 Å². The number of Topliss-reactive ketones (excluding diaryl/α,β-unsaturated/α-hetero) is 1. The lowest BCUT2D eigenvalue weighted by molar-refractivity contribution is -0.384. The van der Waals surface area contributed by atoms with Crippen molar-refractivity contribution in [2.75, 3.05) is 13.1 Å². The first-order chi connectivity index (χ1) is 11.1. The Labute approximate surface area is 133 Å². The van der Waals surface area contributed by atoms with Crippen molar-refractivity contribution in [3.05, 3.63) is 75.8 Å². The number of ketones is 1. The summed E-state index contributed by atoms with van der Waals surface area (Å²) in [5.41, 5.74) is 1.35. The molecule has 6 nitrogen and oxygen atoms in total. The van der Waals surface area contributed by atoms with E-state index >= 15 is 0 Å². The first-order valence-electron chi connectivity index (χ1n) is 7.27. The molecular formula is C17H15N3O3. The molecule has 0 amide bonds. The Balaban J connectivity index is 1.75. The Hall–Kier alpha value is -3.02. The van der Waals surface area contributed by atoms with Crippen LogP contribution in [0.15, 0.2) is 59.6 Å². The molecule has 1 atom stereocenters. The summed E-state index contributed by atoms with van der Waals surface area (Å²) in [6, 6.07) is 15.4. The molecule has 0 radical (unpaired) electrons. The number of benzene rings is 2. The Morgan fingerprint density at radius 1 is 1.17 bits per heavy atom. The number of nitro groups is 1. The fourth-order valence-electron chi connectivity index (χ4n) is 2.52. The van der Waals surface area contributed by atoms with E-state index in [4.69, 9.17) is 0 Å². The largest absolute Gasteiger partial charge is 0.369 e. The molecule has 0 spiro atoms. The summed E-state index contributed by atoms with van der Waals surface area (Å²) in [5, 5.41) is 13.9. The van der Waals surface area contributed by atoms with E-state index in [9.17, 15) is 14.9 Å². The van der Waals surface area contributed by atoms with Gasteiger partial charge in [0.2, 0.25) is 0 Å². The van der Waals surface area contributed by atoms with Crippen LogP contribution in [0.2, 0.25) is 0 Å². The normalized spacial score (nSPS) is 17.0. The van der Waals surface area contributed by atoms with Gasteiger partial charge in [-0.2, -0.15) is 0 Å². The van der Waals surface area contributed by atoms with Crippen LogP contribution in [0.4, 0.5) is 5.69 Å². The predicted octanol–water partition coefficient (Wildman–Crippen LogP) is 2.44. The van der Waals surface area contributed by atoms with Gasteiger partial charge >= 0.3 is 0 Å². The quantitative estimate of drug-likeness (QED) is 0.534. The SMILES string of the molecule is O=C(c1ccccc1)C1CN=C(c2cccc([N+](=O)[O-])c2)NC1. The summed E-state index contributed by atoms with van der Waals surface area (Å²) < 4.78 is 0. The van der Waals surface area contributed by atoms with Gasteiger partial charge in [0.15, 0.2) is 5.78 Å². The molecule has 0 aromatic heterocycles. The number of hydrogen-bond acceptors (Lipinski definition) is 5. The molecule has 0 fully saturated rings. The minimum absolute atomic E-state index is 0.0227. The number of nitrogens with one attached hydrogen (secondary N) is 1. The number of hydrogen-bond donors (Lipinski definition) is 1. The predicted molar refractivity (Wildman–Crippen MR) is 86.8 cm³/mol. The highest BCUT2D eigenvalue weighted by atomic mass is 16.6. The molecule has 1 N–H and O–H groups in total. The van der Waals surface area contributed by atoms with E-state index in [1.807, 2.05) is 18.2 Å². The van der Waals surface area contributed by atoms with Crippen LogP contribution in [0.5, 0.6) is 0 Å². The second-order valence-corrected chi connectivity index (χ2v) is 5.30. The monoisotopic (exact) mass is 309 g/mol. The molecule has 6 heteroatoms. The Morgan fingerprint density at radius 2 is 1.96 bits per heavy atom. The highest BCUT2D eigenvalue weighted by molar-refractivity contribution is 6.02. The molecule has 2 aromatic rings. The van der Waals surface area contributed by atoms with Crippen molar-refractivity contribution < 1.29 is 9.72 Å². The summed E-state index contributed by atoms with van der Waals surface area (Å²) in [4.78, 5) is 27.2. The third-order valence-corrected chi connectivity index (χ3v) is 3.75. The van der Waals surface area contributed by atoms with E-state index in [1.54, 1.807) is 24.3 Å². The number of rotatable bonds is 4. The molecule has 0 bridgehead atoms. The second-order valence-electron chi connectivity index (χ2n) is 5.30. The van der Waals surface area contributed by atoms with Gasteiger partial charge in [-0.1, -0.05) is 42.5 Å². The van der Waals surface area contributed by atoms with Gasteiger partial charge in [-0.05, 0) is 0 Å². The van der Waals surface area contributed by atoms with Gasteiger partial charge in [-0.3, -0.25) is 19.9 Å². The van der Waals surface area contributed by atoms with E-state index in [-0.39, 0.29) is 17.4 Å². The first kappa shape index (κ1) is 14.9. The molecule has 1 aliphatic rings. The third-order valence-electron chi connectivity index (χ3n) is 3.75. The zero-order valence-electron chi connectivity index (χ0n) is 12.3. The molecule has 0 saturated carbocycles. The average Bonchev–Trinajstić information content (AvgIpc) is 2.62. The van der Waals surface area contributed by atoms with Gasteiger partial charge in [0, 0.05) is 29.8 Å². The van der Waals surface area contributed by atoms with Gasteiger partial charge < -0.3 is 5.32 Å². The molecule has 23 heavy (non-hydrogen) atoms. The van der Waals surface area contributed by atoms with Crippen molar-refractivity contribution in [3.8, 4) is 0 Å².